The molecule has 1 fully saturated rings. The minimum atomic E-state index is -1.11. The minimum absolute atomic E-state index is 0.0290. The zero-order valence-electron chi connectivity index (χ0n) is 10.9. The van der Waals surface area contributed by atoms with Crippen molar-refractivity contribution in [3.05, 3.63) is 0 Å². The fourth-order valence-corrected chi connectivity index (χ4v) is 2.36. The molecule has 2 atom stereocenters. The zero-order chi connectivity index (χ0) is 13.7. The smallest absolute Gasteiger partial charge is 0.326 e. The number of amides is 2. The number of hydrogen-bond donors (Lipinski definition) is 3. The molecule has 0 aliphatic carbocycles. The molecule has 2 amide bonds. The number of nitrogens with zero attached hydrogens (tertiary/aromatic N) is 1. The SMILES string of the molecule is CC(C)C1CCCN1C(=O)N[C@@H](CCO)C(=O)O. The molecule has 1 aliphatic rings. The molecule has 104 valence electrons. The van der Waals surface area contributed by atoms with Crippen molar-refractivity contribution in [1.82, 2.24) is 10.2 Å². The number of urea groups is 1. The third-order valence-corrected chi connectivity index (χ3v) is 3.34. The largest absolute Gasteiger partial charge is 0.480 e. The number of aliphatic hydroxyl groups is 1. The van der Waals surface area contributed by atoms with Crippen molar-refractivity contribution in [2.75, 3.05) is 13.2 Å². The van der Waals surface area contributed by atoms with Crippen molar-refractivity contribution in [1.29, 1.82) is 0 Å². The minimum Gasteiger partial charge on any atom is -0.480 e. The maximum atomic E-state index is 12.0. The lowest BCUT2D eigenvalue weighted by molar-refractivity contribution is -0.139. The third-order valence-electron chi connectivity index (χ3n) is 3.34. The summed E-state index contributed by atoms with van der Waals surface area (Å²) in [6.45, 7) is 4.52. The standard InChI is InChI=1S/C12H22N2O4/c1-8(2)10-4-3-6-14(10)12(18)13-9(5-7-15)11(16)17/h8-10,15H,3-7H2,1-2H3,(H,13,18)(H,16,17)/t9-,10?/m0/s1. The molecule has 6 heteroatoms. The first-order valence-corrected chi connectivity index (χ1v) is 6.38. The van der Waals surface area contributed by atoms with Gasteiger partial charge in [0.25, 0.3) is 0 Å². The van der Waals surface area contributed by atoms with Crippen molar-refractivity contribution in [2.24, 2.45) is 5.92 Å². The topological polar surface area (TPSA) is 89.9 Å². The maximum Gasteiger partial charge on any atom is 0.326 e. The van der Waals surface area contributed by atoms with Gasteiger partial charge >= 0.3 is 12.0 Å². The van der Waals surface area contributed by atoms with Gasteiger partial charge in [-0.15, -0.1) is 0 Å². The van der Waals surface area contributed by atoms with Crippen LogP contribution < -0.4 is 5.32 Å². The summed E-state index contributed by atoms with van der Waals surface area (Å²) in [5.41, 5.74) is 0. The lowest BCUT2D eigenvalue weighted by Gasteiger charge is -2.29. The second-order valence-corrected chi connectivity index (χ2v) is 5.00. The van der Waals surface area contributed by atoms with Gasteiger partial charge in [-0.3, -0.25) is 0 Å². The molecule has 1 saturated heterocycles. The van der Waals surface area contributed by atoms with Crippen LogP contribution in [0.1, 0.15) is 33.1 Å². The van der Waals surface area contributed by atoms with E-state index in [-0.39, 0.29) is 25.1 Å². The van der Waals surface area contributed by atoms with Crippen LogP contribution in [0.25, 0.3) is 0 Å². The molecule has 0 aromatic rings. The summed E-state index contributed by atoms with van der Waals surface area (Å²) in [6.07, 6.45) is 1.94. The molecule has 6 nitrogen and oxygen atoms in total. The Hall–Kier alpha value is -1.30. The van der Waals surface area contributed by atoms with Gasteiger partial charge in [0.15, 0.2) is 0 Å². The van der Waals surface area contributed by atoms with Gasteiger partial charge in [0, 0.05) is 25.6 Å². The average molecular weight is 258 g/mol. The molecule has 0 radical (unpaired) electrons. The van der Waals surface area contributed by atoms with Gasteiger partial charge in [-0.2, -0.15) is 0 Å². The zero-order valence-corrected chi connectivity index (χ0v) is 10.9. The Labute approximate surface area is 107 Å². The second-order valence-electron chi connectivity index (χ2n) is 5.00. The van der Waals surface area contributed by atoms with Crippen molar-refractivity contribution in [2.45, 2.75) is 45.2 Å². The Bertz CT molecular complexity index is 306. The third kappa shape index (κ3) is 3.60. The number of nitrogens with one attached hydrogen (secondary N) is 1. The molecule has 0 saturated carbocycles. The Morgan fingerprint density at radius 3 is 2.61 bits per heavy atom. The average Bonchev–Trinajstić information content (AvgIpc) is 2.77. The Kier molecular flexibility index (Phi) is 5.40. The van der Waals surface area contributed by atoms with Crippen molar-refractivity contribution in [3.63, 3.8) is 0 Å². The van der Waals surface area contributed by atoms with E-state index in [9.17, 15) is 9.59 Å². The summed E-state index contributed by atoms with van der Waals surface area (Å²) in [4.78, 5) is 24.6. The summed E-state index contributed by atoms with van der Waals surface area (Å²) in [7, 11) is 0. The number of hydrogen-bond acceptors (Lipinski definition) is 3. The van der Waals surface area contributed by atoms with E-state index in [4.69, 9.17) is 10.2 Å². The maximum absolute atomic E-state index is 12.0. The van der Waals surface area contributed by atoms with E-state index < -0.39 is 12.0 Å². The number of rotatable bonds is 5. The first-order valence-electron chi connectivity index (χ1n) is 6.38. The molecule has 1 heterocycles. The van der Waals surface area contributed by atoms with Crippen LogP contribution in [0.2, 0.25) is 0 Å². The van der Waals surface area contributed by atoms with Gasteiger partial charge in [0.2, 0.25) is 0 Å². The molecule has 18 heavy (non-hydrogen) atoms. The van der Waals surface area contributed by atoms with Crippen LogP contribution in [0, 0.1) is 5.92 Å². The van der Waals surface area contributed by atoms with Gasteiger partial charge in [-0.05, 0) is 18.8 Å². The van der Waals surface area contributed by atoms with E-state index in [0.29, 0.717) is 12.5 Å². The lowest BCUT2D eigenvalue weighted by Crippen LogP contribution is -2.50. The first-order chi connectivity index (χ1) is 8.47. The normalized spacial score (nSPS) is 21.1. The Balaban J connectivity index is 2.60. The molecule has 0 bridgehead atoms. The highest BCUT2D eigenvalue weighted by atomic mass is 16.4. The quantitative estimate of drug-likeness (QED) is 0.675. The molecule has 3 N–H and O–H groups in total. The molecule has 0 spiro atoms. The fourth-order valence-electron chi connectivity index (χ4n) is 2.36. The molecule has 1 rings (SSSR count). The number of likely N-dealkylation sites (tertiary alicyclic amines) is 1. The summed E-state index contributed by atoms with van der Waals surface area (Å²) >= 11 is 0. The number of aliphatic hydroxyl groups excluding tert-OH is 1. The molecular weight excluding hydrogens is 236 g/mol. The fraction of sp³-hybridized carbons (Fsp3) is 0.833. The summed E-state index contributed by atoms with van der Waals surface area (Å²) in [6, 6.07) is -1.18. The van der Waals surface area contributed by atoms with Crippen LogP contribution >= 0.6 is 0 Å². The van der Waals surface area contributed by atoms with E-state index >= 15 is 0 Å². The van der Waals surface area contributed by atoms with Crippen LogP contribution in [0.15, 0.2) is 0 Å². The van der Waals surface area contributed by atoms with Gasteiger partial charge in [-0.1, -0.05) is 13.8 Å². The lowest BCUT2D eigenvalue weighted by atomic mass is 10.0. The number of carboxylic acids is 1. The van der Waals surface area contributed by atoms with Gasteiger partial charge in [0.05, 0.1) is 0 Å². The predicted molar refractivity (Wildman–Crippen MR) is 66.2 cm³/mol. The van der Waals surface area contributed by atoms with Crippen LogP contribution in [0.5, 0.6) is 0 Å². The van der Waals surface area contributed by atoms with E-state index in [0.717, 1.165) is 12.8 Å². The monoisotopic (exact) mass is 258 g/mol. The number of carbonyl (C=O) groups excluding carboxylic acids is 1. The molecule has 0 aromatic carbocycles. The van der Waals surface area contributed by atoms with Crippen LogP contribution in [0.4, 0.5) is 4.79 Å². The van der Waals surface area contributed by atoms with Gasteiger partial charge in [-0.25, -0.2) is 9.59 Å². The van der Waals surface area contributed by atoms with Crippen LogP contribution in [-0.4, -0.2) is 52.3 Å². The first kappa shape index (κ1) is 14.8. The van der Waals surface area contributed by atoms with E-state index in [1.54, 1.807) is 4.90 Å². The van der Waals surface area contributed by atoms with Crippen LogP contribution in [-0.2, 0) is 4.79 Å². The molecule has 1 unspecified atom stereocenters. The van der Waals surface area contributed by atoms with E-state index in [1.807, 2.05) is 0 Å². The highest BCUT2D eigenvalue weighted by Gasteiger charge is 2.32. The second kappa shape index (κ2) is 6.58. The number of carboxylic acid groups (broad SMARTS) is 1. The van der Waals surface area contributed by atoms with E-state index in [2.05, 4.69) is 19.2 Å². The van der Waals surface area contributed by atoms with Crippen molar-refractivity contribution >= 4 is 12.0 Å². The summed E-state index contributed by atoms with van der Waals surface area (Å²) in [5.74, 6) is -0.753. The van der Waals surface area contributed by atoms with E-state index in [1.165, 1.54) is 0 Å². The van der Waals surface area contributed by atoms with Crippen molar-refractivity contribution < 1.29 is 19.8 Å². The summed E-state index contributed by atoms with van der Waals surface area (Å²) < 4.78 is 0. The Morgan fingerprint density at radius 1 is 1.44 bits per heavy atom. The van der Waals surface area contributed by atoms with Crippen LogP contribution in [0.3, 0.4) is 0 Å². The highest BCUT2D eigenvalue weighted by molar-refractivity contribution is 5.82. The molecule has 1 aliphatic heterocycles. The highest BCUT2D eigenvalue weighted by Crippen LogP contribution is 2.23. The van der Waals surface area contributed by atoms with Crippen molar-refractivity contribution in [3.8, 4) is 0 Å². The Morgan fingerprint density at radius 2 is 2.11 bits per heavy atom. The van der Waals surface area contributed by atoms with Gasteiger partial charge in [0.1, 0.15) is 6.04 Å². The number of carbonyl (C=O) groups is 2. The molecular formula is C12H22N2O4. The number of aliphatic carboxylic acids is 1. The predicted octanol–water partition coefficient (Wildman–Crippen LogP) is 0.652. The van der Waals surface area contributed by atoms with Gasteiger partial charge < -0.3 is 20.4 Å². The molecule has 0 aromatic heterocycles. The summed E-state index contributed by atoms with van der Waals surface area (Å²) in [5, 5.41) is 20.2.